The third-order valence-electron chi connectivity index (χ3n) is 6.35. The fraction of sp³-hybridized carbons (Fsp3) is 0.682. The third kappa shape index (κ3) is 4.99. The van der Waals surface area contributed by atoms with Crippen LogP contribution in [-0.4, -0.2) is 59.0 Å². The van der Waals surface area contributed by atoms with Crippen LogP contribution in [0.1, 0.15) is 51.2 Å². The number of carbonyl (C=O) groups is 2. The summed E-state index contributed by atoms with van der Waals surface area (Å²) in [5.74, 6) is 2.57. The molecule has 1 aliphatic heterocycles. The Morgan fingerprint density at radius 2 is 1.91 bits per heavy atom. The zero-order valence-electron chi connectivity index (χ0n) is 18.9. The van der Waals surface area contributed by atoms with E-state index in [2.05, 4.69) is 37.9 Å². The molecule has 4 unspecified atom stereocenters. The predicted octanol–water partition coefficient (Wildman–Crippen LogP) is 2.11. The summed E-state index contributed by atoms with van der Waals surface area (Å²) in [5.41, 5.74) is 0. The summed E-state index contributed by atoms with van der Waals surface area (Å²) in [5, 5.41) is 10.4. The first-order valence-electron chi connectivity index (χ1n) is 11.4. The van der Waals surface area contributed by atoms with E-state index in [9.17, 15) is 9.59 Å². The molecule has 1 aromatic rings. The Morgan fingerprint density at radius 3 is 2.50 bits per heavy atom. The molecule has 0 aromatic carbocycles. The summed E-state index contributed by atoms with van der Waals surface area (Å²) >= 11 is 0. The predicted molar refractivity (Wildman–Crippen MR) is 131 cm³/mol. The largest absolute Gasteiger partial charge is 0.357 e. The molecular formula is C22H33IN6O3. The Morgan fingerprint density at radius 1 is 1.22 bits per heavy atom. The first-order valence-corrected chi connectivity index (χ1v) is 11.4. The molecule has 1 aromatic heterocycles. The van der Waals surface area contributed by atoms with Gasteiger partial charge in [0.1, 0.15) is 0 Å². The molecule has 2 heterocycles. The Hall–Kier alpha value is -1.98. The van der Waals surface area contributed by atoms with Crippen molar-refractivity contribution in [2.75, 3.05) is 26.2 Å². The summed E-state index contributed by atoms with van der Waals surface area (Å²) in [6, 6.07) is 0. The summed E-state index contributed by atoms with van der Waals surface area (Å²) in [4.78, 5) is 35.9. The van der Waals surface area contributed by atoms with Crippen molar-refractivity contribution < 1.29 is 14.1 Å². The van der Waals surface area contributed by atoms with Gasteiger partial charge in [-0.25, -0.2) is 0 Å². The van der Waals surface area contributed by atoms with Gasteiger partial charge in [-0.05, 0) is 31.6 Å². The second-order valence-electron chi connectivity index (χ2n) is 8.82. The average molecular weight is 556 g/mol. The van der Waals surface area contributed by atoms with Crippen molar-refractivity contribution in [1.29, 1.82) is 0 Å². The van der Waals surface area contributed by atoms with E-state index in [1.54, 1.807) is 0 Å². The molecule has 2 fully saturated rings. The maximum atomic E-state index is 12.7. The second-order valence-corrected chi connectivity index (χ2v) is 8.82. The number of amides is 2. The van der Waals surface area contributed by atoms with Crippen molar-refractivity contribution >= 4 is 41.8 Å². The number of nitrogens with one attached hydrogen (secondary N) is 2. The van der Waals surface area contributed by atoms with Crippen molar-refractivity contribution in [2.45, 2.75) is 46.0 Å². The lowest BCUT2D eigenvalue weighted by Gasteiger charge is -2.16. The zero-order valence-corrected chi connectivity index (χ0v) is 21.2. The highest BCUT2D eigenvalue weighted by Gasteiger charge is 2.58. The van der Waals surface area contributed by atoms with E-state index in [0.717, 1.165) is 18.8 Å². The van der Waals surface area contributed by atoms with Gasteiger partial charge in [0.2, 0.25) is 17.7 Å². The fourth-order valence-corrected chi connectivity index (χ4v) is 4.84. The van der Waals surface area contributed by atoms with E-state index in [-0.39, 0.29) is 65.4 Å². The molecule has 10 heteroatoms. The van der Waals surface area contributed by atoms with Gasteiger partial charge < -0.3 is 15.2 Å². The van der Waals surface area contributed by atoms with Crippen LogP contribution >= 0.6 is 24.0 Å². The fourth-order valence-electron chi connectivity index (χ4n) is 4.84. The average Bonchev–Trinajstić information content (AvgIpc) is 3.51. The van der Waals surface area contributed by atoms with E-state index >= 15 is 0 Å². The van der Waals surface area contributed by atoms with E-state index in [1.807, 2.05) is 20.8 Å². The van der Waals surface area contributed by atoms with Crippen molar-refractivity contribution in [3.63, 3.8) is 0 Å². The van der Waals surface area contributed by atoms with Gasteiger partial charge in [-0.3, -0.25) is 19.5 Å². The number of likely N-dealkylation sites (tertiary alicyclic amines) is 1. The molecular weight excluding hydrogens is 523 g/mol. The molecule has 4 rings (SSSR count). The Labute approximate surface area is 205 Å². The zero-order chi connectivity index (χ0) is 22.0. The molecule has 2 N–H and O–H groups in total. The number of halogens is 1. The molecule has 4 atom stereocenters. The summed E-state index contributed by atoms with van der Waals surface area (Å²) in [6.45, 7) is 8.39. The van der Waals surface area contributed by atoms with Crippen LogP contribution in [0.3, 0.4) is 0 Å². The highest BCUT2D eigenvalue weighted by Crippen LogP contribution is 2.52. The number of nitrogens with zero attached hydrogens (tertiary/aromatic N) is 4. The van der Waals surface area contributed by atoms with Crippen LogP contribution < -0.4 is 10.6 Å². The number of aliphatic imine (C=N–C) groups is 1. The molecule has 0 radical (unpaired) electrons. The van der Waals surface area contributed by atoms with E-state index in [4.69, 9.17) is 4.52 Å². The molecule has 9 nitrogen and oxygen atoms in total. The quantitative estimate of drug-likeness (QED) is 0.120. The minimum atomic E-state index is -0.120. The van der Waals surface area contributed by atoms with Gasteiger partial charge in [0.15, 0.2) is 11.8 Å². The van der Waals surface area contributed by atoms with Crippen LogP contribution in [0.15, 0.2) is 21.7 Å². The number of carbonyl (C=O) groups excluding carboxylic acids is 2. The Balaban J connectivity index is 0.00000289. The molecule has 3 aliphatic rings. The van der Waals surface area contributed by atoms with Crippen molar-refractivity contribution in [1.82, 2.24) is 25.7 Å². The number of aromatic nitrogens is 2. The minimum absolute atomic E-state index is 0. The molecule has 2 amide bonds. The highest BCUT2D eigenvalue weighted by molar-refractivity contribution is 14.0. The van der Waals surface area contributed by atoms with Crippen LogP contribution in [-0.2, 0) is 16.0 Å². The first kappa shape index (κ1) is 24.7. The molecule has 176 valence electrons. The van der Waals surface area contributed by atoms with Crippen molar-refractivity contribution in [3.05, 3.63) is 23.9 Å². The van der Waals surface area contributed by atoms with Gasteiger partial charge >= 0.3 is 0 Å². The van der Waals surface area contributed by atoms with Gasteiger partial charge in [0.25, 0.3) is 0 Å². The molecule has 0 spiro atoms. The summed E-state index contributed by atoms with van der Waals surface area (Å²) in [6.07, 6.45) is 6.47. The lowest BCUT2D eigenvalue weighted by Crippen LogP contribution is -2.38. The van der Waals surface area contributed by atoms with Gasteiger partial charge in [0.05, 0.1) is 11.8 Å². The monoisotopic (exact) mass is 556 g/mol. The molecule has 2 bridgehead atoms. The van der Waals surface area contributed by atoms with Crippen LogP contribution in [0.2, 0.25) is 0 Å². The summed E-state index contributed by atoms with van der Waals surface area (Å²) < 4.78 is 5.26. The normalized spacial score (nSPS) is 26.1. The lowest BCUT2D eigenvalue weighted by atomic mass is 9.85. The molecule has 1 saturated heterocycles. The minimum Gasteiger partial charge on any atom is -0.357 e. The first-order chi connectivity index (χ1) is 15.0. The van der Waals surface area contributed by atoms with Gasteiger partial charge in [-0.15, -0.1) is 24.0 Å². The van der Waals surface area contributed by atoms with E-state index in [0.29, 0.717) is 44.3 Å². The SMILES string of the molecule is CCNC(=NCCCN1C(=O)C2C3C=CC(C3)C2C1=O)NCCc1nc(C(C)C)no1.I. The maximum Gasteiger partial charge on any atom is 0.233 e. The number of rotatable bonds is 9. The Bertz CT molecular complexity index is 853. The standard InChI is InChI=1S/C22H32N6O3.HI/c1-4-23-22(25-10-8-16-26-19(13(2)3)27-31-16)24-9-5-11-28-20(29)17-14-6-7-15(12-14)18(17)21(28)30;/h6-7,13-15,17-18H,4-5,8-12H2,1-3H3,(H2,23,24,25);1H. The van der Waals surface area contributed by atoms with Gasteiger partial charge in [-0.1, -0.05) is 31.2 Å². The number of fused-ring (bicyclic) bond motifs is 5. The molecule has 2 aliphatic carbocycles. The van der Waals surface area contributed by atoms with Gasteiger partial charge in [0, 0.05) is 38.5 Å². The number of hydrogen-bond donors (Lipinski definition) is 2. The number of imide groups is 1. The van der Waals surface area contributed by atoms with Crippen LogP contribution in [0.25, 0.3) is 0 Å². The van der Waals surface area contributed by atoms with Crippen LogP contribution in [0.5, 0.6) is 0 Å². The van der Waals surface area contributed by atoms with E-state index < -0.39 is 0 Å². The van der Waals surface area contributed by atoms with Crippen molar-refractivity contribution in [3.8, 4) is 0 Å². The highest BCUT2D eigenvalue weighted by atomic mass is 127. The van der Waals surface area contributed by atoms with Crippen LogP contribution in [0, 0.1) is 23.7 Å². The summed E-state index contributed by atoms with van der Waals surface area (Å²) in [7, 11) is 0. The van der Waals surface area contributed by atoms with Crippen molar-refractivity contribution in [2.24, 2.45) is 28.7 Å². The Kier molecular flexibility index (Phi) is 8.29. The van der Waals surface area contributed by atoms with E-state index in [1.165, 1.54) is 4.90 Å². The topological polar surface area (TPSA) is 113 Å². The van der Waals surface area contributed by atoms with Gasteiger partial charge in [-0.2, -0.15) is 4.98 Å². The third-order valence-corrected chi connectivity index (χ3v) is 6.35. The number of guanidine groups is 1. The molecule has 32 heavy (non-hydrogen) atoms. The van der Waals surface area contributed by atoms with Crippen LogP contribution in [0.4, 0.5) is 0 Å². The smallest absolute Gasteiger partial charge is 0.233 e. The lowest BCUT2D eigenvalue weighted by molar-refractivity contribution is -0.140. The number of hydrogen-bond acceptors (Lipinski definition) is 6. The second kappa shape index (κ2) is 10.8. The molecule has 1 saturated carbocycles. The maximum absolute atomic E-state index is 12.7. The number of allylic oxidation sites excluding steroid dienone is 2.